The minimum absolute atomic E-state index is 0.0734. The first-order valence-corrected chi connectivity index (χ1v) is 5.83. The van der Waals surface area contributed by atoms with Gasteiger partial charge < -0.3 is 10.0 Å². The molecular formula is C12H21NO3. The zero-order chi connectivity index (χ0) is 12.5. The summed E-state index contributed by atoms with van der Waals surface area (Å²) < 4.78 is 0. The summed E-state index contributed by atoms with van der Waals surface area (Å²) in [5, 5.41) is 9.18. The van der Waals surface area contributed by atoms with E-state index in [4.69, 9.17) is 0 Å². The Balaban J connectivity index is 2.80. The highest BCUT2D eigenvalue weighted by molar-refractivity contribution is 6.02. The van der Waals surface area contributed by atoms with Crippen molar-refractivity contribution in [3.05, 3.63) is 0 Å². The molecule has 0 spiro atoms. The van der Waals surface area contributed by atoms with Gasteiger partial charge in [0.05, 0.1) is 0 Å². The molecule has 1 saturated carbocycles. The summed E-state index contributed by atoms with van der Waals surface area (Å²) in [6, 6.07) is 0.0734. The molecule has 1 fully saturated rings. The Hall–Kier alpha value is -1.06. The first-order chi connectivity index (χ1) is 7.33. The number of amides is 1. The fraction of sp³-hybridized carbons (Fsp3) is 0.833. The van der Waals surface area contributed by atoms with Crippen molar-refractivity contribution in [2.75, 3.05) is 7.05 Å². The summed E-state index contributed by atoms with van der Waals surface area (Å²) in [6.45, 7) is 6.02. The number of carboxylic acid groups (broad SMARTS) is 1. The highest BCUT2D eigenvalue weighted by Gasteiger charge is 2.52. The molecule has 1 amide bonds. The van der Waals surface area contributed by atoms with E-state index in [0.717, 1.165) is 6.42 Å². The van der Waals surface area contributed by atoms with Gasteiger partial charge in [-0.3, -0.25) is 9.59 Å². The number of nitrogens with zero attached hydrogens (tertiary/aromatic N) is 1. The minimum atomic E-state index is -1.13. The van der Waals surface area contributed by atoms with E-state index in [9.17, 15) is 14.7 Å². The molecule has 1 unspecified atom stereocenters. The number of aliphatic carboxylic acids is 1. The number of carboxylic acids is 1. The average molecular weight is 227 g/mol. The van der Waals surface area contributed by atoms with E-state index >= 15 is 0 Å². The maximum Gasteiger partial charge on any atom is 0.319 e. The molecule has 1 aliphatic carbocycles. The van der Waals surface area contributed by atoms with Crippen LogP contribution in [0.25, 0.3) is 0 Å². The molecule has 0 aromatic carbocycles. The number of hydrogen-bond acceptors (Lipinski definition) is 2. The van der Waals surface area contributed by atoms with Gasteiger partial charge in [0.2, 0.25) is 5.91 Å². The molecule has 16 heavy (non-hydrogen) atoms. The van der Waals surface area contributed by atoms with E-state index in [2.05, 4.69) is 0 Å². The van der Waals surface area contributed by atoms with E-state index in [1.807, 2.05) is 20.8 Å². The van der Waals surface area contributed by atoms with E-state index in [0.29, 0.717) is 18.8 Å². The minimum Gasteiger partial charge on any atom is -0.480 e. The summed E-state index contributed by atoms with van der Waals surface area (Å²) >= 11 is 0. The van der Waals surface area contributed by atoms with Crippen molar-refractivity contribution in [3.63, 3.8) is 0 Å². The predicted octanol–water partition coefficient (Wildman–Crippen LogP) is 1.74. The molecule has 1 atom stereocenters. The van der Waals surface area contributed by atoms with Gasteiger partial charge in [-0.05, 0) is 25.7 Å². The zero-order valence-corrected chi connectivity index (χ0v) is 10.5. The first kappa shape index (κ1) is 13.0. The fourth-order valence-corrected chi connectivity index (χ4v) is 2.02. The van der Waals surface area contributed by atoms with Gasteiger partial charge in [0, 0.05) is 13.1 Å². The van der Waals surface area contributed by atoms with Crippen molar-refractivity contribution >= 4 is 11.9 Å². The topological polar surface area (TPSA) is 57.6 Å². The first-order valence-electron chi connectivity index (χ1n) is 5.83. The van der Waals surface area contributed by atoms with Crippen molar-refractivity contribution < 1.29 is 14.7 Å². The molecule has 1 rings (SSSR count). The normalized spacial score (nSPS) is 20.1. The zero-order valence-electron chi connectivity index (χ0n) is 10.5. The monoisotopic (exact) mass is 227 g/mol. The Morgan fingerprint density at radius 3 is 2.00 bits per heavy atom. The van der Waals surface area contributed by atoms with Gasteiger partial charge in [-0.15, -0.1) is 0 Å². The molecule has 0 aliphatic heterocycles. The third-order valence-corrected chi connectivity index (χ3v) is 3.92. The molecule has 0 aromatic heterocycles. The number of rotatable bonds is 4. The SMILES string of the molecule is CC(C)C(C)N(C)C(=O)C1(C(=O)O)CCC1. The van der Waals surface area contributed by atoms with Gasteiger partial charge in [0.15, 0.2) is 0 Å². The van der Waals surface area contributed by atoms with Gasteiger partial charge in [0.25, 0.3) is 0 Å². The van der Waals surface area contributed by atoms with Crippen LogP contribution >= 0.6 is 0 Å². The van der Waals surface area contributed by atoms with Crippen molar-refractivity contribution in [1.29, 1.82) is 0 Å². The summed E-state index contributed by atoms with van der Waals surface area (Å²) in [7, 11) is 1.70. The quantitative estimate of drug-likeness (QED) is 0.744. The second-order valence-electron chi connectivity index (χ2n) is 5.14. The van der Waals surface area contributed by atoms with E-state index in [1.165, 1.54) is 0 Å². The van der Waals surface area contributed by atoms with Crippen molar-refractivity contribution in [2.24, 2.45) is 11.3 Å². The summed E-state index contributed by atoms with van der Waals surface area (Å²) in [4.78, 5) is 25.0. The van der Waals surface area contributed by atoms with Crippen LogP contribution in [0.4, 0.5) is 0 Å². The lowest BCUT2D eigenvalue weighted by molar-refractivity contribution is -0.168. The second-order valence-corrected chi connectivity index (χ2v) is 5.14. The number of hydrogen-bond donors (Lipinski definition) is 1. The van der Waals surface area contributed by atoms with Gasteiger partial charge in [-0.1, -0.05) is 20.3 Å². The maximum atomic E-state index is 12.2. The van der Waals surface area contributed by atoms with E-state index in [-0.39, 0.29) is 11.9 Å². The molecule has 0 heterocycles. The molecule has 0 aromatic rings. The number of carbonyl (C=O) groups excluding carboxylic acids is 1. The lowest BCUT2D eigenvalue weighted by Crippen LogP contribution is -2.54. The third kappa shape index (κ3) is 1.93. The van der Waals surface area contributed by atoms with Gasteiger partial charge >= 0.3 is 5.97 Å². The standard InChI is InChI=1S/C12H21NO3/c1-8(2)9(3)13(4)10(14)12(11(15)16)6-5-7-12/h8-9H,5-7H2,1-4H3,(H,15,16). The lowest BCUT2D eigenvalue weighted by Gasteiger charge is -2.41. The van der Waals surface area contributed by atoms with E-state index < -0.39 is 11.4 Å². The van der Waals surface area contributed by atoms with Gasteiger partial charge in [-0.25, -0.2) is 0 Å². The van der Waals surface area contributed by atoms with Crippen LogP contribution in [-0.4, -0.2) is 35.0 Å². The van der Waals surface area contributed by atoms with Crippen molar-refractivity contribution in [1.82, 2.24) is 4.90 Å². The Bertz CT molecular complexity index is 295. The smallest absolute Gasteiger partial charge is 0.319 e. The van der Waals surface area contributed by atoms with Crippen LogP contribution in [0.5, 0.6) is 0 Å². The molecule has 0 bridgehead atoms. The van der Waals surface area contributed by atoms with Gasteiger partial charge in [-0.2, -0.15) is 0 Å². The largest absolute Gasteiger partial charge is 0.480 e. The van der Waals surface area contributed by atoms with Crippen LogP contribution in [0, 0.1) is 11.3 Å². The summed E-state index contributed by atoms with van der Waals surface area (Å²) in [5.41, 5.74) is -1.13. The third-order valence-electron chi connectivity index (χ3n) is 3.92. The van der Waals surface area contributed by atoms with Crippen LogP contribution in [0.15, 0.2) is 0 Å². The van der Waals surface area contributed by atoms with Crippen molar-refractivity contribution in [3.8, 4) is 0 Å². The Labute approximate surface area is 96.6 Å². The Kier molecular flexibility index (Phi) is 3.61. The lowest BCUT2D eigenvalue weighted by atomic mass is 9.67. The van der Waals surface area contributed by atoms with Crippen LogP contribution in [0.3, 0.4) is 0 Å². The second kappa shape index (κ2) is 4.44. The highest BCUT2D eigenvalue weighted by atomic mass is 16.4. The van der Waals surface area contributed by atoms with E-state index in [1.54, 1.807) is 11.9 Å². The molecule has 1 N–H and O–H groups in total. The van der Waals surface area contributed by atoms with Crippen LogP contribution < -0.4 is 0 Å². The summed E-state index contributed by atoms with van der Waals surface area (Å²) in [5.74, 6) is -0.862. The predicted molar refractivity (Wildman–Crippen MR) is 61.0 cm³/mol. The maximum absolute atomic E-state index is 12.2. The molecule has 92 valence electrons. The van der Waals surface area contributed by atoms with Crippen LogP contribution in [-0.2, 0) is 9.59 Å². The molecule has 0 saturated heterocycles. The Morgan fingerprint density at radius 2 is 1.75 bits per heavy atom. The molecule has 0 radical (unpaired) electrons. The average Bonchev–Trinajstić information content (AvgIpc) is 2.12. The fourth-order valence-electron chi connectivity index (χ4n) is 2.02. The van der Waals surface area contributed by atoms with Gasteiger partial charge in [0.1, 0.15) is 5.41 Å². The van der Waals surface area contributed by atoms with Crippen LogP contribution in [0.1, 0.15) is 40.0 Å². The molecule has 4 heteroatoms. The van der Waals surface area contributed by atoms with Crippen LogP contribution in [0.2, 0.25) is 0 Å². The molecule has 1 aliphatic rings. The Morgan fingerprint density at radius 1 is 1.25 bits per heavy atom. The summed E-state index contributed by atoms with van der Waals surface area (Å²) in [6.07, 6.45) is 1.80. The number of carbonyl (C=O) groups is 2. The highest BCUT2D eigenvalue weighted by Crippen LogP contribution is 2.43. The van der Waals surface area contributed by atoms with Crippen molar-refractivity contribution in [2.45, 2.75) is 46.1 Å². The molecule has 4 nitrogen and oxygen atoms in total. The molecular weight excluding hydrogens is 206 g/mol.